The van der Waals surface area contributed by atoms with Gasteiger partial charge in [-0.25, -0.2) is 0 Å². The van der Waals surface area contributed by atoms with Crippen LogP contribution in [0.4, 0.5) is 0 Å². The van der Waals surface area contributed by atoms with Crippen molar-refractivity contribution in [3.8, 4) is 0 Å². The van der Waals surface area contributed by atoms with E-state index in [0.717, 1.165) is 47.3 Å². The Morgan fingerprint density at radius 1 is 0.625 bits per heavy atom. The molecule has 4 rings (SSSR count). The summed E-state index contributed by atoms with van der Waals surface area (Å²) in [6.07, 6.45) is 30.3. The molecule has 0 amide bonds. The monoisotopic (exact) mass is 444 g/mol. The third-order valence-electron chi connectivity index (χ3n) is 10.7. The first-order valence-electron chi connectivity index (χ1n) is 15.6. The summed E-state index contributed by atoms with van der Waals surface area (Å²) in [4.78, 5) is 0. The lowest BCUT2D eigenvalue weighted by atomic mass is 9.56. The van der Waals surface area contributed by atoms with Crippen LogP contribution in [-0.2, 0) is 0 Å². The fourth-order valence-electron chi connectivity index (χ4n) is 8.65. The Balaban J connectivity index is 0.000000243. The average molecular weight is 445 g/mol. The van der Waals surface area contributed by atoms with Crippen LogP contribution in [0.15, 0.2) is 0 Å². The highest BCUT2D eigenvalue weighted by Crippen LogP contribution is 2.56. The smallest absolute Gasteiger partial charge is 0.0324 e. The maximum absolute atomic E-state index is 2.61. The van der Waals surface area contributed by atoms with E-state index in [1.165, 1.54) is 70.6 Å². The van der Waals surface area contributed by atoms with Crippen LogP contribution in [0.25, 0.3) is 0 Å². The lowest BCUT2D eigenvalue weighted by molar-refractivity contribution is -0.00258. The molecular weight excluding hydrogens is 384 g/mol. The Hall–Kier alpha value is 0. The van der Waals surface area contributed by atoms with E-state index in [-0.39, 0.29) is 0 Å². The standard InChI is InChI=1S/C22H40.C10H20/c1-4-6-9-20-16(3)15-19-8-7-10-21(19)22(20)18-13-11-17(5-2)12-14-18;1-10-8-6-4-2-3-5-7-9-10/h16-22H,4-15H2,1-3H3;10H,2-9H2,1H3. The maximum atomic E-state index is 2.61. The molecule has 0 nitrogen and oxygen atoms in total. The first-order chi connectivity index (χ1) is 15.6. The number of hydrogen-bond acceptors (Lipinski definition) is 0. The molecule has 0 bridgehead atoms. The van der Waals surface area contributed by atoms with E-state index in [9.17, 15) is 0 Å². The Labute approximate surface area is 203 Å². The van der Waals surface area contributed by atoms with Gasteiger partial charge in [0.05, 0.1) is 0 Å². The molecule has 0 spiro atoms. The fraction of sp³-hybridized carbons (Fsp3) is 1.00. The van der Waals surface area contributed by atoms with Gasteiger partial charge in [0.2, 0.25) is 0 Å². The van der Waals surface area contributed by atoms with E-state index in [4.69, 9.17) is 0 Å². The van der Waals surface area contributed by atoms with E-state index in [2.05, 4.69) is 27.7 Å². The average Bonchev–Trinajstić information content (AvgIpc) is 3.31. The minimum absolute atomic E-state index is 1.01. The van der Waals surface area contributed by atoms with Crippen LogP contribution < -0.4 is 0 Å². The molecule has 5 atom stereocenters. The zero-order chi connectivity index (χ0) is 22.8. The molecule has 0 radical (unpaired) electrons. The molecular formula is C32H60. The quantitative estimate of drug-likeness (QED) is 0.395. The SMILES string of the molecule is CC1CCCCCCCC1.CCCCC1C(C)CC2CCCC2C1C1CCC(CC)CC1. The summed E-state index contributed by atoms with van der Waals surface area (Å²) in [7, 11) is 0. The van der Waals surface area contributed by atoms with Crippen molar-refractivity contribution in [2.75, 3.05) is 0 Å². The van der Waals surface area contributed by atoms with Crippen LogP contribution in [0.1, 0.15) is 156 Å². The zero-order valence-electron chi connectivity index (χ0n) is 22.8. The van der Waals surface area contributed by atoms with Crippen molar-refractivity contribution in [1.82, 2.24) is 0 Å². The van der Waals surface area contributed by atoms with Crippen LogP contribution in [0, 0.1) is 47.3 Å². The lowest BCUT2D eigenvalue weighted by Crippen LogP contribution is -2.42. The molecule has 4 saturated carbocycles. The van der Waals surface area contributed by atoms with Crippen molar-refractivity contribution in [2.24, 2.45) is 47.3 Å². The van der Waals surface area contributed by atoms with Crippen molar-refractivity contribution in [2.45, 2.75) is 156 Å². The summed E-state index contributed by atoms with van der Waals surface area (Å²) in [5.41, 5.74) is 0. The third kappa shape index (κ3) is 7.77. The van der Waals surface area contributed by atoms with E-state index in [1.807, 2.05) is 0 Å². The molecule has 0 aliphatic heterocycles. The first-order valence-corrected chi connectivity index (χ1v) is 15.6. The first kappa shape index (κ1) is 26.6. The molecule has 5 unspecified atom stereocenters. The molecule has 0 heterocycles. The van der Waals surface area contributed by atoms with Crippen LogP contribution in [0.5, 0.6) is 0 Å². The van der Waals surface area contributed by atoms with Gasteiger partial charge in [0.1, 0.15) is 0 Å². The van der Waals surface area contributed by atoms with Gasteiger partial charge >= 0.3 is 0 Å². The summed E-state index contributed by atoms with van der Waals surface area (Å²) in [5, 5.41) is 0. The van der Waals surface area contributed by atoms with Gasteiger partial charge in [0, 0.05) is 0 Å². The zero-order valence-corrected chi connectivity index (χ0v) is 22.8. The van der Waals surface area contributed by atoms with Gasteiger partial charge in [0.15, 0.2) is 0 Å². The van der Waals surface area contributed by atoms with Crippen molar-refractivity contribution >= 4 is 0 Å². The second kappa shape index (κ2) is 14.4. The van der Waals surface area contributed by atoms with Crippen molar-refractivity contribution in [3.05, 3.63) is 0 Å². The Morgan fingerprint density at radius 2 is 1.28 bits per heavy atom. The number of fused-ring (bicyclic) bond motifs is 1. The van der Waals surface area contributed by atoms with Gasteiger partial charge in [-0.1, -0.05) is 124 Å². The molecule has 188 valence electrons. The topological polar surface area (TPSA) is 0 Å². The molecule has 0 aromatic rings. The van der Waals surface area contributed by atoms with Crippen molar-refractivity contribution < 1.29 is 0 Å². The predicted molar refractivity (Wildman–Crippen MR) is 143 cm³/mol. The summed E-state index contributed by atoms with van der Waals surface area (Å²) in [6, 6.07) is 0. The summed E-state index contributed by atoms with van der Waals surface area (Å²) in [5.74, 6) is 8.60. The number of rotatable bonds is 5. The van der Waals surface area contributed by atoms with Gasteiger partial charge in [0.25, 0.3) is 0 Å². The molecule has 4 aliphatic rings. The van der Waals surface area contributed by atoms with Crippen LogP contribution >= 0.6 is 0 Å². The minimum Gasteiger partial charge on any atom is -0.0654 e. The second-order valence-electron chi connectivity index (χ2n) is 12.9. The van der Waals surface area contributed by atoms with Crippen LogP contribution in [-0.4, -0.2) is 0 Å². The van der Waals surface area contributed by atoms with Gasteiger partial charge in [-0.15, -0.1) is 0 Å². The normalized spacial score (nSPS) is 39.2. The van der Waals surface area contributed by atoms with E-state index in [0.29, 0.717) is 0 Å². The number of unbranched alkanes of at least 4 members (excludes halogenated alkanes) is 1. The third-order valence-corrected chi connectivity index (χ3v) is 10.7. The summed E-state index contributed by atoms with van der Waals surface area (Å²) < 4.78 is 0. The van der Waals surface area contributed by atoms with Gasteiger partial charge in [-0.3, -0.25) is 0 Å². The highest BCUT2D eigenvalue weighted by atomic mass is 14.5. The Bertz CT molecular complexity index is 462. The van der Waals surface area contributed by atoms with Crippen molar-refractivity contribution in [3.63, 3.8) is 0 Å². The number of hydrogen-bond donors (Lipinski definition) is 0. The summed E-state index contributed by atoms with van der Waals surface area (Å²) in [6.45, 7) is 9.81. The van der Waals surface area contributed by atoms with E-state index < -0.39 is 0 Å². The molecule has 32 heavy (non-hydrogen) atoms. The molecule has 4 aliphatic carbocycles. The van der Waals surface area contributed by atoms with E-state index >= 15 is 0 Å². The molecule has 0 saturated heterocycles. The molecule has 4 fully saturated rings. The minimum atomic E-state index is 1.01. The van der Waals surface area contributed by atoms with Gasteiger partial charge in [-0.05, 0) is 79.4 Å². The van der Waals surface area contributed by atoms with Gasteiger partial charge < -0.3 is 0 Å². The second-order valence-corrected chi connectivity index (χ2v) is 12.9. The maximum Gasteiger partial charge on any atom is -0.0324 e. The Kier molecular flexibility index (Phi) is 12.0. The predicted octanol–water partition coefficient (Wildman–Crippen LogP) is 10.8. The molecule has 0 aromatic carbocycles. The van der Waals surface area contributed by atoms with Crippen LogP contribution in [0.3, 0.4) is 0 Å². The molecule has 0 heteroatoms. The largest absolute Gasteiger partial charge is 0.0654 e. The molecule has 0 N–H and O–H groups in total. The van der Waals surface area contributed by atoms with Gasteiger partial charge in [-0.2, -0.15) is 0 Å². The van der Waals surface area contributed by atoms with Crippen molar-refractivity contribution in [1.29, 1.82) is 0 Å². The van der Waals surface area contributed by atoms with Crippen LogP contribution in [0.2, 0.25) is 0 Å². The lowest BCUT2D eigenvalue weighted by Gasteiger charge is -2.49. The Morgan fingerprint density at radius 3 is 1.91 bits per heavy atom. The fourth-order valence-corrected chi connectivity index (χ4v) is 8.65. The highest BCUT2D eigenvalue weighted by Gasteiger charge is 2.47. The molecule has 0 aromatic heterocycles. The van der Waals surface area contributed by atoms with E-state index in [1.54, 1.807) is 57.8 Å². The summed E-state index contributed by atoms with van der Waals surface area (Å²) >= 11 is 0. The highest BCUT2D eigenvalue weighted by molar-refractivity contribution is 4.97.